The molecule has 1 rings (SSSR count). The van der Waals surface area contributed by atoms with Crippen molar-refractivity contribution in [2.45, 2.75) is 32.7 Å². The van der Waals surface area contributed by atoms with Crippen LogP contribution in [-0.2, 0) is 4.79 Å². The van der Waals surface area contributed by atoms with Gasteiger partial charge in [0.15, 0.2) is 0 Å². The van der Waals surface area contributed by atoms with E-state index in [-0.39, 0.29) is 12.1 Å². The molecule has 2 N–H and O–H groups in total. The highest BCUT2D eigenvalue weighted by Crippen LogP contribution is 2.06. The number of carbonyl (C=O) groups is 2. The second-order valence-electron chi connectivity index (χ2n) is 4.12. The highest BCUT2D eigenvalue weighted by Gasteiger charge is 2.16. The number of aliphatic carboxylic acids is 1. The molecule has 0 saturated heterocycles. The van der Waals surface area contributed by atoms with Crippen molar-refractivity contribution in [1.29, 1.82) is 5.26 Å². The molecule has 0 aromatic carbocycles. The molecular weight excluding hydrogens is 246 g/mol. The number of carbonyl (C=O) groups excluding carboxylic acids is 1. The van der Waals surface area contributed by atoms with Crippen molar-refractivity contribution in [2.75, 3.05) is 0 Å². The van der Waals surface area contributed by atoms with Crippen molar-refractivity contribution in [3.63, 3.8) is 0 Å². The second kappa shape index (κ2) is 6.50. The van der Waals surface area contributed by atoms with Gasteiger partial charge in [0, 0.05) is 6.04 Å². The average molecular weight is 261 g/mol. The minimum atomic E-state index is -0.962. The van der Waals surface area contributed by atoms with Crippen LogP contribution in [0.2, 0.25) is 0 Å². The molecule has 0 aliphatic rings. The summed E-state index contributed by atoms with van der Waals surface area (Å²) in [6.07, 6.45) is 0.394. The van der Waals surface area contributed by atoms with E-state index in [2.05, 4.69) is 10.3 Å². The number of nitrogens with zero attached hydrogens (tertiary/aromatic N) is 2. The second-order valence-corrected chi connectivity index (χ2v) is 4.12. The smallest absolute Gasteiger partial charge is 0.305 e. The van der Waals surface area contributed by atoms with Gasteiger partial charge in [0.2, 0.25) is 0 Å². The standard InChI is InChI=1S/C13H15N3O3/c1-3-10(6-12(17)18)16-13(19)11-5-4-9(7-14)8(2)15-11/h4-5,10H,3,6H2,1-2H3,(H,16,19)(H,17,18). The first-order chi connectivity index (χ1) is 8.97. The summed E-state index contributed by atoms with van der Waals surface area (Å²) in [7, 11) is 0. The van der Waals surface area contributed by atoms with E-state index in [0.29, 0.717) is 17.7 Å². The molecule has 0 radical (unpaired) electrons. The molecule has 0 spiro atoms. The lowest BCUT2D eigenvalue weighted by atomic mass is 10.1. The van der Waals surface area contributed by atoms with Gasteiger partial charge in [0.1, 0.15) is 11.8 Å². The fourth-order valence-electron chi connectivity index (χ4n) is 1.57. The zero-order valence-corrected chi connectivity index (χ0v) is 10.8. The van der Waals surface area contributed by atoms with E-state index < -0.39 is 17.9 Å². The summed E-state index contributed by atoms with van der Waals surface area (Å²) in [6, 6.07) is 4.52. The molecule has 0 saturated carbocycles. The van der Waals surface area contributed by atoms with E-state index in [1.165, 1.54) is 12.1 Å². The summed E-state index contributed by atoms with van der Waals surface area (Å²) in [5.41, 5.74) is 1.07. The summed E-state index contributed by atoms with van der Waals surface area (Å²) in [6.45, 7) is 3.44. The lowest BCUT2D eigenvalue weighted by molar-refractivity contribution is -0.137. The number of rotatable bonds is 5. The van der Waals surface area contributed by atoms with Crippen LogP contribution in [0.5, 0.6) is 0 Å². The molecule has 1 heterocycles. The number of carboxylic acids is 1. The van der Waals surface area contributed by atoms with Crippen LogP contribution in [0.1, 0.15) is 41.5 Å². The van der Waals surface area contributed by atoms with Gasteiger partial charge in [-0.15, -0.1) is 0 Å². The van der Waals surface area contributed by atoms with Crippen LogP contribution in [0.3, 0.4) is 0 Å². The molecule has 6 heteroatoms. The van der Waals surface area contributed by atoms with Gasteiger partial charge < -0.3 is 10.4 Å². The summed E-state index contributed by atoms with van der Waals surface area (Å²) in [5, 5.41) is 20.1. The van der Waals surface area contributed by atoms with Crippen LogP contribution >= 0.6 is 0 Å². The van der Waals surface area contributed by atoms with Crippen LogP contribution in [0.25, 0.3) is 0 Å². The highest BCUT2D eigenvalue weighted by molar-refractivity contribution is 5.92. The monoisotopic (exact) mass is 261 g/mol. The zero-order valence-electron chi connectivity index (χ0n) is 10.8. The summed E-state index contributed by atoms with van der Waals surface area (Å²) in [4.78, 5) is 26.5. The maximum Gasteiger partial charge on any atom is 0.305 e. The van der Waals surface area contributed by atoms with E-state index in [9.17, 15) is 9.59 Å². The van der Waals surface area contributed by atoms with Crippen LogP contribution in [0, 0.1) is 18.3 Å². The third-order valence-electron chi connectivity index (χ3n) is 2.69. The Morgan fingerprint density at radius 3 is 2.68 bits per heavy atom. The number of amides is 1. The fraction of sp³-hybridized carbons (Fsp3) is 0.385. The molecule has 1 atom stereocenters. The third-order valence-corrected chi connectivity index (χ3v) is 2.69. The van der Waals surface area contributed by atoms with Gasteiger partial charge >= 0.3 is 5.97 Å². The summed E-state index contributed by atoms with van der Waals surface area (Å²) < 4.78 is 0. The van der Waals surface area contributed by atoms with Crippen LogP contribution in [0.15, 0.2) is 12.1 Å². The van der Waals surface area contributed by atoms with Crippen molar-refractivity contribution >= 4 is 11.9 Å². The Kier molecular flexibility index (Phi) is 5.01. The lowest BCUT2D eigenvalue weighted by Gasteiger charge is -2.14. The fourth-order valence-corrected chi connectivity index (χ4v) is 1.57. The molecule has 6 nitrogen and oxygen atoms in total. The average Bonchev–Trinajstić information content (AvgIpc) is 2.37. The SMILES string of the molecule is CCC(CC(=O)O)NC(=O)c1ccc(C#N)c(C)n1. The summed E-state index contributed by atoms with van der Waals surface area (Å²) in [5.74, 6) is -1.39. The molecule has 1 aromatic rings. The Morgan fingerprint density at radius 2 is 2.21 bits per heavy atom. The molecule has 100 valence electrons. The van der Waals surface area contributed by atoms with Gasteiger partial charge in [-0.3, -0.25) is 9.59 Å². The van der Waals surface area contributed by atoms with Crippen LogP contribution in [0.4, 0.5) is 0 Å². The van der Waals surface area contributed by atoms with E-state index in [1.54, 1.807) is 13.8 Å². The Balaban J connectivity index is 2.80. The molecule has 19 heavy (non-hydrogen) atoms. The number of carboxylic acid groups (broad SMARTS) is 1. The Bertz CT molecular complexity index is 534. The summed E-state index contributed by atoms with van der Waals surface area (Å²) >= 11 is 0. The maximum absolute atomic E-state index is 11.9. The van der Waals surface area contributed by atoms with Crippen LogP contribution < -0.4 is 5.32 Å². The largest absolute Gasteiger partial charge is 0.481 e. The lowest BCUT2D eigenvalue weighted by Crippen LogP contribution is -2.36. The molecule has 0 fully saturated rings. The van der Waals surface area contributed by atoms with Crippen molar-refractivity contribution in [2.24, 2.45) is 0 Å². The Morgan fingerprint density at radius 1 is 1.53 bits per heavy atom. The van der Waals surface area contributed by atoms with E-state index >= 15 is 0 Å². The quantitative estimate of drug-likeness (QED) is 0.830. The van der Waals surface area contributed by atoms with Crippen molar-refractivity contribution in [1.82, 2.24) is 10.3 Å². The zero-order chi connectivity index (χ0) is 14.4. The van der Waals surface area contributed by atoms with E-state index in [4.69, 9.17) is 10.4 Å². The minimum absolute atomic E-state index is 0.127. The molecule has 1 amide bonds. The van der Waals surface area contributed by atoms with Crippen molar-refractivity contribution in [3.8, 4) is 6.07 Å². The predicted molar refractivity (Wildman–Crippen MR) is 67.5 cm³/mol. The minimum Gasteiger partial charge on any atom is -0.481 e. The van der Waals surface area contributed by atoms with Crippen LogP contribution in [-0.4, -0.2) is 28.0 Å². The number of aryl methyl sites for hydroxylation is 1. The van der Waals surface area contributed by atoms with Gasteiger partial charge in [-0.1, -0.05) is 6.92 Å². The Hall–Kier alpha value is -2.42. The van der Waals surface area contributed by atoms with Gasteiger partial charge in [-0.05, 0) is 25.5 Å². The maximum atomic E-state index is 11.9. The Labute approximate surface area is 111 Å². The molecule has 0 aliphatic heterocycles. The normalized spacial score (nSPS) is 11.4. The number of nitriles is 1. The number of hydrogen-bond donors (Lipinski definition) is 2. The van der Waals surface area contributed by atoms with Crippen molar-refractivity contribution < 1.29 is 14.7 Å². The first kappa shape index (κ1) is 14.6. The van der Waals surface area contributed by atoms with Gasteiger partial charge in [0.25, 0.3) is 5.91 Å². The number of hydrogen-bond acceptors (Lipinski definition) is 4. The van der Waals surface area contributed by atoms with Gasteiger partial charge in [-0.2, -0.15) is 5.26 Å². The van der Waals surface area contributed by atoms with Crippen molar-refractivity contribution in [3.05, 3.63) is 29.1 Å². The van der Waals surface area contributed by atoms with Gasteiger partial charge in [0.05, 0.1) is 17.7 Å². The number of aromatic nitrogens is 1. The molecule has 1 aromatic heterocycles. The third kappa shape index (κ3) is 4.07. The highest BCUT2D eigenvalue weighted by atomic mass is 16.4. The predicted octanol–water partition coefficient (Wildman–Crippen LogP) is 1.24. The van der Waals surface area contributed by atoms with E-state index in [1.807, 2.05) is 6.07 Å². The number of nitrogens with one attached hydrogen (secondary N) is 1. The molecule has 1 unspecified atom stereocenters. The van der Waals surface area contributed by atoms with Gasteiger partial charge in [-0.25, -0.2) is 4.98 Å². The molecular formula is C13H15N3O3. The molecule has 0 aliphatic carbocycles. The first-order valence-electron chi connectivity index (χ1n) is 5.88. The topological polar surface area (TPSA) is 103 Å². The van der Waals surface area contributed by atoms with E-state index in [0.717, 1.165) is 0 Å². The number of pyridine rings is 1. The first-order valence-corrected chi connectivity index (χ1v) is 5.88. The molecule has 0 bridgehead atoms.